The average molecular weight is 600 g/mol. The van der Waals surface area contributed by atoms with Gasteiger partial charge < -0.3 is 19.7 Å². The molecule has 0 aliphatic heterocycles. The molecule has 0 saturated carbocycles. The molecule has 0 aliphatic carbocycles. The highest BCUT2D eigenvalue weighted by molar-refractivity contribution is 14.1. The van der Waals surface area contributed by atoms with E-state index >= 15 is 0 Å². The first kappa shape index (κ1) is 26.7. The van der Waals surface area contributed by atoms with E-state index < -0.39 is 6.10 Å². The number of benzene rings is 2. The summed E-state index contributed by atoms with van der Waals surface area (Å²) in [7, 11) is 0. The Morgan fingerprint density at radius 2 is 1.53 bits per heavy atom. The average Bonchev–Trinajstić information content (AvgIpc) is 3.20. The molecule has 1 aromatic heterocycles. The molecule has 0 amide bonds. The summed E-state index contributed by atoms with van der Waals surface area (Å²) in [6.45, 7) is 7.13. The number of aliphatic hydroxyl groups is 2. The van der Waals surface area contributed by atoms with Crippen LogP contribution in [0.3, 0.4) is 0 Å². The van der Waals surface area contributed by atoms with Crippen LogP contribution < -0.4 is 9.47 Å². The summed E-state index contributed by atoms with van der Waals surface area (Å²) < 4.78 is 13.7. The molecule has 0 spiro atoms. The minimum atomic E-state index is -0.785. The zero-order chi connectivity index (χ0) is 24.7. The molecule has 3 rings (SSSR count). The highest BCUT2D eigenvalue weighted by atomic mass is 127. The van der Waals surface area contributed by atoms with E-state index in [0.717, 1.165) is 11.3 Å². The molecule has 3 aromatic rings. The smallest absolute Gasteiger partial charge is 0.149 e. The van der Waals surface area contributed by atoms with Crippen LogP contribution in [0, 0.1) is 9.62 Å². The summed E-state index contributed by atoms with van der Waals surface area (Å²) in [5, 5.41) is 27.6. The van der Waals surface area contributed by atoms with Crippen molar-refractivity contribution in [3.05, 3.63) is 69.1 Å². The van der Waals surface area contributed by atoms with Crippen LogP contribution in [-0.4, -0.2) is 50.4 Å². The molecule has 0 saturated heterocycles. The first-order valence-corrected chi connectivity index (χ1v) is 12.7. The monoisotopic (exact) mass is 599 g/mol. The van der Waals surface area contributed by atoms with Gasteiger partial charge in [0.1, 0.15) is 27.9 Å². The van der Waals surface area contributed by atoms with Crippen LogP contribution in [0.1, 0.15) is 37.6 Å². The second-order valence-electron chi connectivity index (χ2n) is 8.88. The zero-order valence-corrected chi connectivity index (χ0v) is 22.5. The van der Waals surface area contributed by atoms with Gasteiger partial charge in [0, 0.05) is 17.2 Å². The van der Waals surface area contributed by atoms with Crippen molar-refractivity contribution in [2.45, 2.75) is 45.4 Å². The molecule has 0 radical (unpaired) electrons. The number of hydrogen-bond donors (Lipinski definition) is 2. The Hall–Kier alpha value is -1.88. The van der Waals surface area contributed by atoms with Gasteiger partial charge >= 0.3 is 0 Å². The van der Waals surface area contributed by atoms with E-state index in [2.05, 4.69) is 43.2 Å². The summed E-state index contributed by atoms with van der Waals surface area (Å²) >= 11 is 7.85. The third kappa shape index (κ3) is 6.84. The van der Waals surface area contributed by atoms with Gasteiger partial charge in [-0.15, -0.1) is 16.7 Å². The molecule has 2 N–H and O–H groups in total. The van der Waals surface area contributed by atoms with Crippen LogP contribution in [0.15, 0.2) is 48.5 Å². The molecule has 184 valence electrons. The predicted molar refractivity (Wildman–Crippen MR) is 141 cm³/mol. The zero-order valence-electron chi connectivity index (χ0n) is 19.6. The Morgan fingerprint density at radius 1 is 1.00 bits per heavy atom. The number of nitrogens with zero attached hydrogens (tertiary/aromatic N) is 3. The van der Waals surface area contributed by atoms with E-state index in [4.69, 9.17) is 21.1 Å². The molecule has 0 fully saturated rings. The Morgan fingerprint density at radius 3 is 2.03 bits per heavy atom. The molecule has 7 nitrogen and oxygen atoms in total. The standard InChI is InChI=1S/C25H31ClIN3O4/c1-17(12-26)15-33-21-8-4-18(5-9-21)25(2,3)19-6-10-22(11-7-19)34-16-20(32)13-30-23(14-31)24(27)28-29-30/h4-11,17,20,31-32H,12-16H2,1-3H3/t17-,20-/m0/s1. The normalized spacial score (nSPS) is 13.5. The summed E-state index contributed by atoms with van der Waals surface area (Å²) in [6, 6.07) is 16.1. The third-order valence-corrected chi connectivity index (χ3v) is 7.08. The van der Waals surface area contributed by atoms with Crippen molar-refractivity contribution in [3.8, 4) is 11.5 Å². The van der Waals surface area contributed by atoms with Gasteiger partial charge in [0.25, 0.3) is 0 Å². The molecule has 0 unspecified atom stereocenters. The lowest BCUT2D eigenvalue weighted by Crippen LogP contribution is -2.25. The summed E-state index contributed by atoms with van der Waals surface area (Å²) in [5.74, 6) is 2.40. The first-order chi connectivity index (χ1) is 16.2. The lowest BCUT2D eigenvalue weighted by atomic mass is 9.78. The minimum absolute atomic E-state index is 0.105. The number of rotatable bonds is 12. The van der Waals surface area contributed by atoms with Gasteiger partial charge in [-0.3, -0.25) is 0 Å². The summed E-state index contributed by atoms with van der Waals surface area (Å²) in [5.41, 5.74) is 2.70. The van der Waals surface area contributed by atoms with E-state index in [9.17, 15) is 10.2 Å². The van der Waals surface area contributed by atoms with Crippen molar-refractivity contribution in [3.63, 3.8) is 0 Å². The van der Waals surface area contributed by atoms with E-state index in [1.165, 1.54) is 10.2 Å². The van der Waals surface area contributed by atoms with Gasteiger partial charge in [0.15, 0.2) is 0 Å². The van der Waals surface area contributed by atoms with Gasteiger partial charge in [-0.05, 0) is 58.0 Å². The number of hydrogen-bond acceptors (Lipinski definition) is 6. The highest BCUT2D eigenvalue weighted by Gasteiger charge is 2.23. The van der Waals surface area contributed by atoms with Crippen molar-refractivity contribution in [2.24, 2.45) is 5.92 Å². The Balaban J connectivity index is 1.57. The number of aliphatic hydroxyl groups excluding tert-OH is 2. The molecule has 2 aromatic carbocycles. The number of alkyl halides is 1. The highest BCUT2D eigenvalue weighted by Crippen LogP contribution is 2.33. The van der Waals surface area contributed by atoms with Crippen molar-refractivity contribution in [1.82, 2.24) is 15.0 Å². The maximum atomic E-state index is 10.3. The second-order valence-corrected chi connectivity index (χ2v) is 10.2. The lowest BCUT2D eigenvalue weighted by molar-refractivity contribution is 0.0866. The molecular weight excluding hydrogens is 569 g/mol. The van der Waals surface area contributed by atoms with Gasteiger partial charge in [-0.25, -0.2) is 4.68 Å². The fourth-order valence-corrected chi connectivity index (χ4v) is 4.07. The van der Waals surface area contributed by atoms with Crippen LogP contribution in [-0.2, 0) is 18.6 Å². The molecule has 9 heteroatoms. The SMILES string of the molecule is C[C@@H](CCl)COc1ccc(C(C)(C)c2ccc(OC[C@@H](O)Cn3nnc(I)c3CO)cc2)cc1. The van der Waals surface area contributed by atoms with E-state index in [0.29, 0.717) is 33.5 Å². The Bertz CT molecular complexity index is 1040. The maximum Gasteiger partial charge on any atom is 0.149 e. The summed E-state index contributed by atoms with van der Waals surface area (Å²) in [4.78, 5) is 0. The Labute approximate surface area is 219 Å². The maximum absolute atomic E-state index is 10.3. The topological polar surface area (TPSA) is 89.6 Å². The van der Waals surface area contributed by atoms with Crippen LogP contribution in [0.25, 0.3) is 0 Å². The van der Waals surface area contributed by atoms with Crippen molar-refractivity contribution in [1.29, 1.82) is 0 Å². The molecule has 2 atom stereocenters. The fourth-order valence-electron chi connectivity index (χ4n) is 3.44. The van der Waals surface area contributed by atoms with Crippen LogP contribution in [0.4, 0.5) is 0 Å². The number of halogens is 2. The number of ether oxygens (including phenoxy) is 2. The van der Waals surface area contributed by atoms with E-state index in [-0.39, 0.29) is 25.2 Å². The van der Waals surface area contributed by atoms with Gasteiger partial charge in [-0.1, -0.05) is 50.3 Å². The molecule has 1 heterocycles. The largest absolute Gasteiger partial charge is 0.493 e. The number of aromatic nitrogens is 3. The van der Waals surface area contributed by atoms with Crippen molar-refractivity contribution in [2.75, 3.05) is 19.1 Å². The van der Waals surface area contributed by atoms with Crippen LogP contribution in [0.5, 0.6) is 11.5 Å². The van der Waals surface area contributed by atoms with Gasteiger partial charge in [0.2, 0.25) is 0 Å². The first-order valence-electron chi connectivity index (χ1n) is 11.1. The lowest BCUT2D eigenvalue weighted by Gasteiger charge is -2.26. The van der Waals surface area contributed by atoms with E-state index in [1.807, 2.05) is 59.0 Å². The second kappa shape index (κ2) is 12.2. The minimum Gasteiger partial charge on any atom is -0.493 e. The van der Waals surface area contributed by atoms with Gasteiger partial charge in [0.05, 0.1) is 25.5 Å². The van der Waals surface area contributed by atoms with Crippen LogP contribution in [0.2, 0.25) is 0 Å². The van der Waals surface area contributed by atoms with E-state index in [1.54, 1.807) is 0 Å². The van der Waals surface area contributed by atoms with Crippen LogP contribution >= 0.6 is 34.2 Å². The molecule has 0 aliphatic rings. The predicted octanol–water partition coefficient (Wildman–Crippen LogP) is 4.39. The van der Waals surface area contributed by atoms with Gasteiger partial charge in [-0.2, -0.15) is 0 Å². The third-order valence-electron chi connectivity index (χ3n) is 5.72. The molecular formula is C25H31ClIN3O4. The molecule has 34 heavy (non-hydrogen) atoms. The fraction of sp³-hybridized carbons (Fsp3) is 0.440. The molecule has 0 bridgehead atoms. The van der Waals surface area contributed by atoms with Crippen molar-refractivity contribution >= 4 is 34.2 Å². The summed E-state index contributed by atoms with van der Waals surface area (Å²) in [6.07, 6.45) is -0.785. The quantitative estimate of drug-likeness (QED) is 0.237. The Kier molecular flexibility index (Phi) is 9.58. The van der Waals surface area contributed by atoms with Crippen molar-refractivity contribution < 1.29 is 19.7 Å².